The average molecular weight is 299 g/mol. The second-order valence-corrected chi connectivity index (χ2v) is 4.83. The Balaban J connectivity index is 1.87. The molecule has 0 bridgehead atoms. The molecule has 0 aliphatic carbocycles. The van der Waals surface area contributed by atoms with E-state index >= 15 is 0 Å². The van der Waals surface area contributed by atoms with Crippen molar-refractivity contribution in [3.05, 3.63) is 34.3 Å². The van der Waals surface area contributed by atoms with Crippen LogP contribution in [0.25, 0.3) is 0 Å². The van der Waals surface area contributed by atoms with Gasteiger partial charge in [0, 0.05) is 4.47 Å². The fraction of sp³-hybridized carbons (Fsp3) is 0.417. The number of rotatable bonds is 3. The van der Waals surface area contributed by atoms with Gasteiger partial charge < -0.3 is 5.32 Å². The van der Waals surface area contributed by atoms with Gasteiger partial charge in [-0.1, -0.05) is 12.1 Å². The molecule has 0 spiro atoms. The van der Waals surface area contributed by atoms with Crippen molar-refractivity contribution in [3.63, 3.8) is 0 Å². The molecular formula is C12H15BrN2O2. The molecule has 1 aliphatic rings. The van der Waals surface area contributed by atoms with Gasteiger partial charge in [0.2, 0.25) is 0 Å². The summed E-state index contributed by atoms with van der Waals surface area (Å²) in [5.41, 5.74) is 3.10. The minimum absolute atomic E-state index is 0.114. The quantitative estimate of drug-likeness (QED) is 0.838. The molecule has 92 valence electrons. The van der Waals surface area contributed by atoms with Crippen LogP contribution >= 0.6 is 15.9 Å². The SMILES string of the molecule is O=C(NOC1CCNCC1)c1ccccc1Br. The average Bonchev–Trinajstić information content (AvgIpc) is 2.38. The number of carbonyl (C=O) groups excluding carboxylic acids is 1. The molecule has 17 heavy (non-hydrogen) atoms. The standard InChI is InChI=1S/C12H15BrN2O2/c13-11-4-2-1-3-10(11)12(16)15-17-9-5-7-14-8-6-9/h1-4,9,14H,5-8H2,(H,15,16). The molecule has 1 amide bonds. The Kier molecular flexibility index (Phi) is 4.53. The lowest BCUT2D eigenvalue weighted by atomic mass is 10.1. The maximum atomic E-state index is 11.8. The van der Waals surface area contributed by atoms with E-state index < -0.39 is 0 Å². The topological polar surface area (TPSA) is 50.4 Å². The van der Waals surface area contributed by atoms with E-state index in [1.165, 1.54) is 0 Å². The number of hydrogen-bond donors (Lipinski definition) is 2. The number of hydrogen-bond acceptors (Lipinski definition) is 3. The lowest BCUT2D eigenvalue weighted by Crippen LogP contribution is -2.37. The number of halogens is 1. The highest BCUT2D eigenvalue weighted by atomic mass is 79.9. The first-order valence-corrected chi connectivity index (χ1v) is 6.48. The Labute approximate surface area is 109 Å². The van der Waals surface area contributed by atoms with Gasteiger partial charge in [-0.3, -0.25) is 9.63 Å². The molecule has 0 saturated carbocycles. The minimum Gasteiger partial charge on any atom is -0.317 e. The van der Waals surface area contributed by atoms with Crippen molar-refractivity contribution in [1.82, 2.24) is 10.8 Å². The number of nitrogens with one attached hydrogen (secondary N) is 2. The first-order chi connectivity index (χ1) is 8.27. The Morgan fingerprint density at radius 3 is 2.76 bits per heavy atom. The van der Waals surface area contributed by atoms with E-state index in [1.54, 1.807) is 6.07 Å². The fourth-order valence-corrected chi connectivity index (χ4v) is 2.22. The zero-order valence-electron chi connectivity index (χ0n) is 9.41. The van der Waals surface area contributed by atoms with Crippen molar-refractivity contribution in [2.75, 3.05) is 13.1 Å². The molecule has 1 aliphatic heterocycles. The molecule has 0 radical (unpaired) electrons. The molecule has 5 heteroatoms. The van der Waals surface area contributed by atoms with Gasteiger partial charge in [0.05, 0.1) is 11.7 Å². The molecule has 1 aromatic carbocycles. The number of hydroxylamine groups is 1. The third-order valence-corrected chi connectivity index (χ3v) is 3.41. The van der Waals surface area contributed by atoms with Gasteiger partial charge in [-0.25, -0.2) is 5.48 Å². The van der Waals surface area contributed by atoms with E-state index in [4.69, 9.17) is 4.84 Å². The summed E-state index contributed by atoms with van der Waals surface area (Å²) in [6.45, 7) is 1.88. The molecule has 0 unspecified atom stereocenters. The minimum atomic E-state index is -0.212. The van der Waals surface area contributed by atoms with Crippen LogP contribution in [0.5, 0.6) is 0 Å². The molecule has 1 heterocycles. The lowest BCUT2D eigenvalue weighted by Gasteiger charge is -2.22. The van der Waals surface area contributed by atoms with Crippen LogP contribution in [0.4, 0.5) is 0 Å². The predicted molar refractivity (Wildman–Crippen MR) is 68.6 cm³/mol. The molecule has 1 fully saturated rings. The third-order valence-electron chi connectivity index (χ3n) is 2.72. The monoisotopic (exact) mass is 298 g/mol. The van der Waals surface area contributed by atoms with Gasteiger partial charge >= 0.3 is 0 Å². The third kappa shape index (κ3) is 3.52. The van der Waals surface area contributed by atoms with Crippen molar-refractivity contribution in [2.45, 2.75) is 18.9 Å². The van der Waals surface area contributed by atoms with Gasteiger partial charge in [-0.2, -0.15) is 0 Å². The van der Waals surface area contributed by atoms with Crippen molar-refractivity contribution in [3.8, 4) is 0 Å². The summed E-state index contributed by atoms with van der Waals surface area (Å²) in [6, 6.07) is 7.28. The summed E-state index contributed by atoms with van der Waals surface area (Å²) in [4.78, 5) is 17.2. The van der Waals surface area contributed by atoms with Crippen LogP contribution in [-0.4, -0.2) is 25.1 Å². The Morgan fingerprint density at radius 2 is 2.06 bits per heavy atom. The predicted octanol–water partition coefficient (Wildman–Crippen LogP) is 1.86. The summed E-state index contributed by atoms with van der Waals surface area (Å²) >= 11 is 3.34. The summed E-state index contributed by atoms with van der Waals surface area (Å²) < 4.78 is 0.770. The van der Waals surface area contributed by atoms with Crippen molar-refractivity contribution in [1.29, 1.82) is 0 Å². The van der Waals surface area contributed by atoms with Crippen LogP contribution in [0.15, 0.2) is 28.7 Å². The van der Waals surface area contributed by atoms with Gasteiger partial charge in [-0.15, -0.1) is 0 Å². The highest BCUT2D eigenvalue weighted by Gasteiger charge is 2.16. The Morgan fingerprint density at radius 1 is 1.35 bits per heavy atom. The van der Waals surface area contributed by atoms with Crippen LogP contribution in [0.1, 0.15) is 23.2 Å². The van der Waals surface area contributed by atoms with Crippen LogP contribution in [0, 0.1) is 0 Å². The summed E-state index contributed by atoms with van der Waals surface area (Å²) in [5.74, 6) is -0.212. The van der Waals surface area contributed by atoms with Crippen LogP contribution < -0.4 is 10.8 Å². The first-order valence-electron chi connectivity index (χ1n) is 5.68. The molecule has 0 aromatic heterocycles. The maximum Gasteiger partial charge on any atom is 0.275 e. The van der Waals surface area contributed by atoms with Crippen LogP contribution in [0.2, 0.25) is 0 Å². The second-order valence-electron chi connectivity index (χ2n) is 3.98. The highest BCUT2D eigenvalue weighted by molar-refractivity contribution is 9.10. The lowest BCUT2D eigenvalue weighted by molar-refractivity contribution is -0.0282. The van der Waals surface area contributed by atoms with Gasteiger partial charge in [0.15, 0.2) is 0 Å². The molecule has 2 rings (SSSR count). The van der Waals surface area contributed by atoms with Crippen LogP contribution in [-0.2, 0) is 4.84 Å². The molecule has 4 nitrogen and oxygen atoms in total. The molecular weight excluding hydrogens is 284 g/mol. The van der Waals surface area contributed by atoms with E-state index in [0.717, 1.165) is 30.4 Å². The van der Waals surface area contributed by atoms with E-state index in [1.807, 2.05) is 18.2 Å². The van der Waals surface area contributed by atoms with Crippen molar-refractivity contribution >= 4 is 21.8 Å². The normalized spacial score (nSPS) is 16.8. The molecule has 0 atom stereocenters. The van der Waals surface area contributed by atoms with Crippen molar-refractivity contribution < 1.29 is 9.63 Å². The molecule has 1 saturated heterocycles. The summed E-state index contributed by atoms with van der Waals surface area (Å²) in [5, 5.41) is 3.24. The Bertz CT molecular complexity index is 392. The zero-order chi connectivity index (χ0) is 12.1. The largest absolute Gasteiger partial charge is 0.317 e. The maximum absolute atomic E-state index is 11.8. The molecule has 2 N–H and O–H groups in total. The van der Waals surface area contributed by atoms with Gasteiger partial charge in [-0.05, 0) is 54.0 Å². The Hall–Kier alpha value is -0.910. The van der Waals surface area contributed by atoms with E-state index in [-0.39, 0.29) is 12.0 Å². The fourth-order valence-electron chi connectivity index (χ4n) is 1.75. The number of benzene rings is 1. The molecule has 1 aromatic rings. The summed E-state index contributed by atoms with van der Waals surface area (Å²) in [6.07, 6.45) is 1.97. The summed E-state index contributed by atoms with van der Waals surface area (Å²) in [7, 11) is 0. The van der Waals surface area contributed by atoms with Gasteiger partial charge in [0.1, 0.15) is 0 Å². The highest BCUT2D eigenvalue weighted by Crippen LogP contribution is 2.15. The first kappa shape index (κ1) is 12.5. The number of piperidine rings is 1. The smallest absolute Gasteiger partial charge is 0.275 e. The number of carbonyl (C=O) groups is 1. The van der Waals surface area contributed by atoms with E-state index in [2.05, 4.69) is 26.7 Å². The second kappa shape index (κ2) is 6.14. The van der Waals surface area contributed by atoms with E-state index in [0.29, 0.717) is 5.56 Å². The van der Waals surface area contributed by atoms with E-state index in [9.17, 15) is 4.79 Å². The number of amides is 1. The van der Waals surface area contributed by atoms with Crippen molar-refractivity contribution in [2.24, 2.45) is 0 Å². The van der Waals surface area contributed by atoms with Crippen LogP contribution in [0.3, 0.4) is 0 Å². The zero-order valence-corrected chi connectivity index (χ0v) is 11.0. The van der Waals surface area contributed by atoms with Gasteiger partial charge in [0.25, 0.3) is 5.91 Å².